The normalized spacial score (nSPS) is 19.9. The first-order valence-electron chi connectivity index (χ1n) is 9.17. The van der Waals surface area contributed by atoms with E-state index in [1.165, 1.54) is 12.1 Å². The average Bonchev–Trinajstić information content (AvgIpc) is 2.73. The number of carbonyl (C=O) groups is 3. The van der Waals surface area contributed by atoms with Gasteiger partial charge in [-0.1, -0.05) is 32.0 Å². The molecule has 2 atom stereocenters. The van der Waals surface area contributed by atoms with Gasteiger partial charge in [0.2, 0.25) is 21.7 Å². The number of sulfonamides is 1. The van der Waals surface area contributed by atoms with Gasteiger partial charge in [0.05, 0.1) is 10.9 Å². The van der Waals surface area contributed by atoms with Crippen molar-refractivity contribution in [1.82, 2.24) is 20.9 Å². The van der Waals surface area contributed by atoms with Crippen molar-refractivity contribution in [2.24, 2.45) is 5.92 Å². The van der Waals surface area contributed by atoms with Crippen molar-refractivity contribution < 1.29 is 22.8 Å². The first kappa shape index (κ1) is 22.0. The number of Topliss-reactive ketones (excluding diaryl/α,β-unsaturated/α-hetero) is 1. The number of hydrogen-bond acceptors (Lipinski definition) is 6. The molecule has 0 aromatic heterocycles. The monoisotopic (exact) mass is 410 g/mol. The standard InChI is InChI=1S/C18H26N4O5S/c1-12(2)15(22-28(26,27)13-8-4-3-5-9-13)17(24)20-14-10-6-7-11-19-21-18(25)16(14)23/h3-5,8-9,12,14-15,19,22H,6-7,10-11H2,1-2H3,(H,20,24)(H,21,25). The van der Waals surface area contributed by atoms with Crippen LogP contribution in [0.2, 0.25) is 0 Å². The van der Waals surface area contributed by atoms with Crippen LogP contribution in [0, 0.1) is 5.92 Å². The fraction of sp³-hybridized carbons (Fsp3) is 0.500. The Kier molecular flexibility index (Phi) is 7.67. The highest BCUT2D eigenvalue weighted by Gasteiger charge is 2.33. The van der Waals surface area contributed by atoms with Crippen molar-refractivity contribution in [2.45, 2.75) is 50.1 Å². The van der Waals surface area contributed by atoms with Crippen LogP contribution in [0.3, 0.4) is 0 Å². The van der Waals surface area contributed by atoms with Crippen LogP contribution in [-0.4, -0.2) is 44.6 Å². The molecule has 2 amide bonds. The lowest BCUT2D eigenvalue weighted by atomic mass is 10.0. The number of hydrogen-bond donors (Lipinski definition) is 4. The van der Waals surface area contributed by atoms with Crippen LogP contribution in [0.1, 0.15) is 33.1 Å². The zero-order valence-electron chi connectivity index (χ0n) is 15.9. The third-order valence-corrected chi connectivity index (χ3v) is 5.85. The smallest absolute Gasteiger partial charge is 0.303 e. The summed E-state index contributed by atoms with van der Waals surface area (Å²) >= 11 is 0. The fourth-order valence-electron chi connectivity index (χ4n) is 2.78. The zero-order chi connectivity index (χ0) is 20.7. The number of nitrogens with one attached hydrogen (secondary N) is 4. The molecule has 0 saturated carbocycles. The average molecular weight is 410 g/mol. The van der Waals surface area contributed by atoms with Gasteiger partial charge in [0.15, 0.2) is 0 Å². The van der Waals surface area contributed by atoms with Gasteiger partial charge < -0.3 is 5.32 Å². The molecule has 1 aromatic carbocycles. The summed E-state index contributed by atoms with van der Waals surface area (Å²) in [5, 5.41) is 2.55. The minimum absolute atomic E-state index is 0.0393. The van der Waals surface area contributed by atoms with Crippen molar-refractivity contribution in [3.05, 3.63) is 30.3 Å². The van der Waals surface area contributed by atoms with E-state index in [1.54, 1.807) is 32.0 Å². The summed E-state index contributed by atoms with van der Waals surface area (Å²) in [5.74, 6) is -2.62. The Bertz CT molecular complexity index is 811. The van der Waals surface area contributed by atoms with Gasteiger partial charge in [0.1, 0.15) is 6.04 Å². The molecular formula is C18H26N4O5S. The molecule has 10 heteroatoms. The second-order valence-corrected chi connectivity index (χ2v) is 8.67. The number of amides is 2. The van der Waals surface area contributed by atoms with E-state index in [0.29, 0.717) is 25.8 Å². The van der Waals surface area contributed by atoms with Crippen LogP contribution >= 0.6 is 0 Å². The Morgan fingerprint density at radius 2 is 1.82 bits per heavy atom. The Labute approximate surface area is 164 Å². The number of carbonyl (C=O) groups excluding carboxylic acids is 3. The molecule has 0 spiro atoms. The van der Waals surface area contributed by atoms with Crippen LogP contribution in [0.4, 0.5) is 0 Å². The van der Waals surface area contributed by atoms with Crippen molar-refractivity contribution >= 4 is 27.6 Å². The molecular weight excluding hydrogens is 384 g/mol. The minimum Gasteiger partial charge on any atom is -0.344 e. The predicted octanol–water partition coefficient (Wildman–Crippen LogP) is -0.152. The molecule has 2 unspecified atom stereocenters. The van der Waals surface area contributed by atoms with Gasteiger partial charge in [-0.25, -0.2) is 13.8 Å². The van der Waals surface area contributed by atoms with Gasteiger partial charge in [0.25, 0.3) is 0 Å². The van der Waals surface area contributed by atoms with Crippen molar-refractivity contribution in [2.75, 3.05) is 6.54 Å². The Hall–Kier alpha value is -2.30. The van der Waals surface area contributed by atoms with Gasteiger partial charge >= 0.3 is 5.91 Å². The number of benzene rings is 1. The summed E-state index contributed by atoms with van der Waals surface area (Å²) in [6.07, 6.45) is 1.64. The zero-order valence-corrected chi connectivity index (χ0v) is 16.7. The van der Waals surface area contributed by atoms with E-state index < -0.39 is 39.7 Å². The van der Waals surface area contributed by atoms with E-state index in [4.69, 9.17) is 0 Å². The summed E-state index contributed by atoms with van der Waals surface area (Å²) in [5.41, 5.74) is 4.93. The van der Waals surface area contributed by atoms with E-state index in [1.807, 2.05) is 0 Å². The second kappa shape index (κ2) is 9.76. The number of hydrazine groups is 1. The molecule has 0 radical (unpaired) electrons. The van der Waals surface area contributed by atoms with Crippen LogP contribution in [-0.2, 0) is 24.4 Å². The van der Waals surface area contributed by atoms with Crippen molar-refractivity contribution in [1.29, 1.82) is 0 Å². The van der Waals surface area contributed by atoms with Crippen LogP contribution in [0.15, 0.2) is 35.2 Å². The lowest BCUT2D eigenvalue weighted by molar-refractivity contribution is -0.140. The molecule has 1 saturated heterocycles. The first-order valence-corrected chi connectivity index (χ1v) is 10.7. The third-order valence-electron chi connectivity index (χ3n) is 4.39. The maximum atomic E-state index is 12.8. The molecule has 0 aliphatic carbocycles. The SMILES string of the molecule is CC(C)C(NS(=O)(=O)c1ccccc1)C(=O)NC1CCCCNNC(=O)C1=O. The van der Waals surface area contributed by atoms with E-state index >= 15 is 0 Å². The maximum absolute atomic E-state index is 12.8. The van der Waals surface area contributed by atoms with Gasteiger partial charge in [-0.3, -0.25) is 19.8 Å². The lowest BCUT2D eigenvalue weighted by Crippen LogP contribution is -2.55. The molecule has 1 heterocycles. The summed E-state index contributed by atoms with van der Waals surface area (Å²) < 4.78 is 27.6. The van der Waals surface area contributed by atoms with Gasteiger partial charge in [-0.15, -0.1) is 0 Å². The van der Waals surface area contributed by atoms with Crippen LogP contribution in [0.25, 0.3) is 0 Å². The molecule has 1 aliphatic heterocycles. The van der Waals surface area contributed by atoms with Crippen LogP contribution < -0.4 is 20.9 Å². The van der Waals surface area contributed by atoms with Crippen LogP contribution in [0.5, 0.6) is 0 Å². The van der Waals surface area contributed by atoms with Crippen molar-refractivity contribution in [3.8, 4) is 0 Å². The summed E-state index contributed by atoms with van der Waals surface area (Å²) in [7, 11) is -3.92. The van der Waals surface area contributed by atoms with E-state index in [2.05, 4.69) is 20.9 Å². The van der Waals surface area contributed by atoms with E-state index in [9.17, 15) is 22.8 Å². The molecule has 28 heavy (non-hydrogen) atoms. The van der Waals surface area contributed by atoms with Crippen molar-refractivity contribution in [3.63, 3.8) is 0 Å². The second-order valence-electron chi connectivity index (χ2n) is 6.96. The summed E-state index contributed by atoms with van der Waals surface area (Å²) in [6, 6.07) is 5.62. The topological polar surface area (TPSA) is 133 Å². The first-order chi connectivity index (χ1) is 13.2. The van der Waals surface area contributed by atoms with Gasteiger partial charge in [-0.05, 0) is 37.3 Å². The Morgan fingerprint density at radius 3 is 2.46 bits per heavy atom. The Balaban J connectivity index is 2.15. The highest BCUT2D eigenvalue weighted by Crippen LogP contribution is 2.12. The number of rotatable bonds is 6. The molecule has 2 rings (SSSR count). The highest BCUT2D eigenvalue weighted by atomic mass is 32.2. The molecule has 154 valence electrons. The maximum Gasteiger partial charge on any atom is 0.303 e. The summed E-state index contributed by atoms with van der Waals surface area (Å²) in [4.78, 5) is 36.9. The largest absolute Gasteiger partial charge is 0.344 e. The minimum atomic E-state index is -3.92. The fourth-order valence-corrected chi connectivity index (χ4v) is 4.15. The molecule has 4 N–H and O–H groups in total. The number of ketones is 1. The molecule has 9 nitrogen and oxygen atoms in total. The van der Waals surface area contributed by atoms with E-state index in [-0.39, 0.29) is 10.8 Å². The summed E-state index contributed by atoms with van der Waals surface area (Å²) in [6.45, 7) is 3.91. The molecule has 1 aliphatic rings. The van der Waals surface area contributed by atoms with Gasteiger partial charge in [0, 0.05) is 6.54 Å². The van der Waals surface area contributed by atoms with E-state index in [0.717, 1.165) is 0 Å². The molecule has 1 aromatic rings. The molecule has 0 bridgehead atoms. The van der Waals surface area contributed by atoms with Gasteiger partial charge in [-0.2, -0.15) is 4.72 Å². The quantitative estimate of drug-likeness (QED) is 0.482. The lowest BCUT2D eigenvalue weighted by Gasteiger charge is -2.24. The molecule has 1 fully saturated rings. The predicted molar refractivity (Wildman–Crippen MR) is 102 cm³/mol. The third kappa shape index (κ3) is 5.85. The Morgan fingerprint density at radius 1 is 1.14 bits per heavy atom. The highest BCUT2D eigenvalue weighted by molar-refractivity contribution is 7.89.